The summed E-state index contributed by atoms with van der Waals surface area (Å²) in [5, 5.41) is 0. The molecule has 1 heterocycles. The summed E-state index contributed by atoms with van der Waals surface area (Å²) in [5.74, 6) is -1.10. The molecule has 0 aromatic heterocycles. The topological polar surface area (TPSA) is 46.6 Å². The molecular formula is C26H20F3NO3. The molecule has 3 aromatic rings. The largest absolute Gasteiger partial charge is 0.447 e. The van der Waals surface area contributed by atoms with E-state index in [1.54, 1.807) is 0 Å². The van der Waals surface area contributed by atoms with Crippen molar-refractivity contribution in [3.8, 4) is 0 Å². The molecule has 7 heteroatoms. The summed E-state index contributed by atoms with van der Waals surface area (Å²) in [7, 11) is 0. The predicted molar refractivity (Wildman–Crippen MR) is 117 cm³/mol. The molecule has 33 heavy (non-hydrogen) atoms. The predicted octanol–water partition coefficient (Wildman–Crippen LogP) is 5.90. The minimum absolute atomic E-state index is 0.0218. The van der Waals surface area contributed by atoms with Gasteiger partial charge in [0.15, 0.2) is 0 Å². The first kappa shape index (κ1) is 22.3. The second kappa shape index (κ2) is 9.32. The average molecular weight is 451 g/mol. The third kappa shape index (κ3) is 4.82. The van der Waals surface area contributed by atoms with Crippen molar-refractivity contribution in [2.24, 2.45) is 0 Å². The van der Waals surface area contributed by atoms with Crippen LogP contribution in [0, 0.1) is 0 Å². The van der Waals surface area contributed by atoms with E-state index in [9.17, 15) is 22.8 Å². The van der Waals surface area contributed by atoms with Crippen molar-refractivity contribution in [3.63, 3.8) is 0 Å². The zero-order valence-electron chi connectivity index (χ0n) is 17.4. The molecule has 3 aromatic carbocycles. The van der Waals surface area contributed by atoms with Gasteiger partial charge in [-0.3, -0.25) is 4.79 Å². The van der Waals surface area contributed by atoms with Crippen LogP contribution in [-0.4, -0.2) is 29.5 Å². The fourth-order valence-electron chi connectivity index (χ4n) is 4.03. The minimum atomic E-state index is -4.56. The summed E-state index contributed by atoms with van der Waals surface area (Å²) in [6.07, 6.45) is -3.33. The number of alkyl halides is 3. The molecule has 1 fully saturated rings. The monoisotopic (exact) mass is 451 g/mol. The first-order valence-electron chi connectivity index (χ1n) is 10.3. The van der Waals surface area contributed by atoms with Crippen molar-refractivity contribution in [2.45, 2.75) is 18.1 Å². The second-order valence-electron chi connectivity index (χ2n) is 7.57. The second-order valence-corrected chi connectivity index (χ2v) is 7.57. The molecule has 0 N–H and O–H groups in total. The van der Waals surface area contributed by atoms with Gasteiger partial charge in [-0.15, -0.1) is 0 Å². The van der Waals surface area contributed by atoms with E-state index < -0.39 is 29.8 Å². The fraction of sp³-hybridized carbons (Fsp3) is 0.154. The molecule has 168 valence electrons. The maximum absolute atomic E-state index is 13.3. The Balaban J connectivity index is 1.68. The third-order valence-corrected chi connectivity index (χ3v) is 5.52. The van der Waals surface area contributed by atoms with Gasteiger partial charge in [0.1, 0.15) is 6.61 Å². The van der Waals surface area contributed by atoms with Crippen molar-refractivity contribution in [2.75, 3.05) is 6.61 Å². The average Bonchev–Trinajstić information content (AvgIpc) is 3.19. The van der Waals surface area contributed by atoms with Crippen molar-refractivity contribution in [3.05, 3.63) is 113 Å². The lowest BCUT2D eigenvalue weighted by Gasteiger charge is -2.28. The highest BCUT2D eigenvalue weighted by atomic mass is 19.4. The van der Waals surface area contributed by atoms with E-state index in [1.807, 2.05) is 60.7 Å². The molecule has 0 aliphatic carbocycles. The van der Waals surface area contributed by atoms with Crippen LogP contribution in [-0.2, 0) is 15.7 Å². The molecule has 2 amide bonds. The quantitative estimate of drug-likeness (QED) is 0.454. The zero-order chi connectivity index (χ0) is 23.4. The van der Waals surface area contributed by atoms with Crippen LogP contribution in [0.4, 0.5) is 18.0 Å². The van der Waals surface area contributed by atoms with Gasteiger partial charge in [-0.2, -0.15) is 13.2 Å². The van der Waals surface area contributed by atoms with Gasteiger partial charge < -0.3 is 4.74 Å². The van der Waals surface area contributed by atoms with Crippen molar-refractivity contribution < 1.29 is 27.5 Å². The number of imide groups is 1. The van der Waals surface area contributed by atoms with E-state index in [4.69, 9.17) is 4.74 Å². The molecule has 1 saturated heterocycles. The molecule has 1 unspecified atom stereocenters. The minimum Gasteiger partial charge on any atom is -0.447 e. The fourth-order valence-corrected chi connectivity index (χ4v) is 4.03. The standard InChI is InChI=1S/C26H20F3NO3/c27-26(28,29)21-14-8-7-9-18(21)15-16-23(31)30-22(17-33-25(30)32)24(19-10-3-1-4-11-19)20-12-5-2-6-13-20/h1-16,22,24H,17H2/b16-15+. The molecule has 0 radical (unpaired) electrons. The molecular weight excluding hydrogens is 431 g/mol. The highest BCUT2D eigenvalue weighted by Crippen LogP contribution is 2.35. The molecule has 4 rings (SSSR count). The molecule has 0 spiro atoms. The summed E-state index contributed by atoms with van der Waals surface area (Å²) in [5.41, 5.74) is 0.749. The Morgan fingerprint density at radius 1 is 0.909 bits per heavy atom. The van der Waals surface area contributed by atoms with E-state index >= 15 is 0 Å². The molecule has 1 aliphatic rings. The lowest BCUT2D eigenvalue weighted by atomic mass is 9.85. The van der Waals surface area contributed by atoms with Crippen LogP contribution in [0.25, 0.3) is 6.08 Å². The smallest absolute Gasteiger partial charge is 0.417 e. The van der Waals surface area contributed by atoms with Gasteiger partial charge in [-0.1, -0.05) is 78.9 Å². The van der Waals surface area contributed by atoms with E-state index in [-0.39, 0.29) is 18.1 Å². The molecule has 0 saturated carbocycles. The first-order valence-corrected chi connectivity index (χ1v) is 10.3. The number of rotatable bonds is 5. The van der Waals surface area contributed by atoms with Crippen LogP contribution in [0.15, 0.2) is 91.0 Å². The molecule has 0 bridgehead atoms. The van der Waals surface area contributed by atoms with Crippen LogP contribution in [0.1, 0.15) is 28.2 Å². The zero-order valence-corrected chi connectivity index (χ0v) is 17.4. The van der Waals surface area contributed by atoms with Crippen LogP contribution in [0.2, 0.25) is 0 Å². The Hall–Kier alpha value is -3.87. The summed E-state index contributed by atoms with van der Waals surface area (Å²) in [6, 6.07) is 23.1. The van der Waals surface area contributed by atoms with Crippen molar-refractivity contribution in [1.82, 2.24) is 4.90 Å². The number of amides is 2. The number of carbonyl (C=O) groups is 2. The van der Waals surface area contributed by atoms with Gasteiger partial charge in [0, 0.05) is 12.0 Å². The number of cyclic esters (lactones) is 1. The summed E-state index contributed by atoms with van der Waals surface area (Å²) in [6.45, 7) is -0.0218. The van der Waals surface area contributed by atoms with Gasteiger partial charge in [-0.05, 0) is 28.8 Å². The Morgan fingerprint density at radius 2 is 1.45 bits per heavy atom. The SMILES string of the molecule is O=C(/C=C/c1ccccc1C(F)(F)F)N1C(=O)OCC1C(c1ccccc1)c1ccccc1. The maximum atomic E-state index is 13.3. The molecule has 1 aliphatic heterocycles. The number of nitrogens with zero attached hydrogens (tertiary/aromatic N) is 1. The Kier molecular flexibility index (Phi) is 6.31. The van der Waals surface area contributed by atoms with Gasteiger partial charge >= 0.3 is 12.3 Å². The van der Waals surface area contributed by atoms with E-state index in [0.717, 1.165) is 34.2 Å². The van der Waals surface area contributed by atoms with Crippen LogP contribution in [0.3, 0.4) is 0 Å². The van der Waals surface area contributed by atoms with Gasteiger partial charge in [0.05, 0.1) is 11.6 Å². The number of halogens is 3. The van der Waals surface area contributed by atoms with Crippen molar-refractivity contribution in [1.29, 1.82) is 0 Å². The highest BCUT2D eigenvalue weighted by Gasteiger charge is 2.43. The highest BCUT2D eigenvalue weighted by molar-refractivity contribution is 6.02. The Labute approximate surface area is 188 Å². The van der Waals surface area contributed by atoms with Crippen LogP contribution in [0.5, 0.6) is 0 Å². The molecule has 4 nitrogen and oxygen atoms in total. The number of ether oxygens (including phenoxy) is 1. The van der Waals surface area contributed by atoms with E-state index in [2.05, 4.69) is 0 Å². The van der Waals surface area contributed by atoms with Gasteiger partial charge in [0.25, 0.3) is 5.91 Å². The van der Waals surface area contributed by atoms with E-state index in [0.29, 0.717) is 0 Å². The lowest BCUT2D eigenvalue weighted by molar-refractivity contribution is -0.137. The first-order chi connectivity index (χ1) is 15.9. The number of hydrogen-bond acceptors (Lipinski definition) is 3. The summed E-state index contributed by atoms with van der Waals surface area (Å²) < 4.78 is 45.0. The molecule has 1 atom stereocenters. The Morgan fingerprint density at radius 3 is 2.03 bits per heavy atom. The van der Waals surface area contributed by atoms with Crippen molar-refractivity contribution >= 4 is 18.1 Å². The lowest BCUT2D eigenvalue weighted by Crippen LogP contribution is -2.42. The number of carbonyl (C=O) groups excluding carboxylic acids is 2. The van der Waals surface area contributed by atoms with Crippen LogP contribution < -0.4 is 0 Å². The maximum Gasteiger partial charge on any atom is 0.417 e. The third-order valence-electron chi connectivity index (χ3n) is 5.52. The summed E-state index contributed by atoms with van der Waals surface area (Å²) in [4.78, 5) is 26.5. The van der Waals surface area contributed by atoms with Gasteiger partial charge in [0.2, 0.25) is 0 Å². The van der Waals surface area contributed by atoms with E-state index in [1.165, 1.54) is 18.2 Å². The number of benzene rings is 3. The normalized spacial score (nSPS) is 16.4. The number of hydrogen-bond donors (Lipinski definition) is 0. The Bertz CT molecular complexity index is 1120. The van der Waals surface area contributed by atoms with Crippen LogP contribution >= 0.6 is 0 Å². The van der Waals surface area contributed by atoms with Gasteiger partial charge in [-0.25, -0.2) is 9.69 Å². The summed E-state index contributed by atoms with van der Waals surface area (Å²) >= 11 is 0.